The van der Waals surface area contributed by atoms with Crippen molar-refractivity contribution in [1.82, 2.24) is 0 Å². The molecular weight excluding hydrogens is 428 g/mol. The largest absolute Gasteiger partial charge is 0.466 e. The zero-order chi connectivity index (χ0) is 25.5. The van der Waals surface area contributed by atoms with Gasteiger partial charge in [-0.25, -0.2) is 0 Å². The van der Waals surface area contributed by atoms with Crippen molar-refractivity contribution in [2.75, 3.05) is 6.61 Å². The Kier molecular flexibility index (Phi) is 30.1. The SMILES string of the molecule is CCCCC/C=C\C/C=C\CCCCCC(=O)OCCCCCCCCCCCCCCCCC. The van der Waals surface area contributed by atoms with Crippen LogP contribution in [0.3, 0.4) is 0 Å². The van der Waals surface area contributed by atoms with E-state index in [1.165, 1.54) is 122 Å². The molecule has 0 bridgehead atoms. The number of hydrogen-bond acceptors (Lipinski definition) is 2. The fourth-order valence-electron chi connectivity index (χ4n) is 4.46. The molecule has 0 N–H and O–H groups in total. The highest BCUT2D eigenvalue weighted by Gasteiger charge is 2.02. The average Bonchev–Trinajstić information content (AvgIpc) is 2.86. The molecule has 0 atom stereocenters. The summed E-state index contributed by atoms with van der Waals surface area (Å²) < 4.78 is 5.40. The number of esters is 1. The van der Waals surface area contributed by atoms with Crippen LogP contribution < -0.4 is 0 Å². The fourth-order valence-corrected chi connectivity index (χ4v) is 4.46. The Bertz CT molecular complexity index is 466. The first-order valence-corrected chi connectivity index (χ1v) is 15.8. The maximum absolute atomic E-state index is 11.8. The van der Waals surface area contributed by atoms with Gasteiger partial charge >= 0.3 is 5.97 Å². The lowest BCUT2D eigenvalue weighted by molar-refractivity contribution is -0.143. The Hall–Kier alpha value is -1.05. The summed E-state index contributed by atoms with van der Waals surface area (Å²) in [6, 6.07) is 0. The molecule has 0 rings (SSSR count). The van der Waals surface area contributed by atoms with Crippen LogP contribution in [-0.2, 0) is 9.53 Å². The molecule has 0 fully saturated rings. The molecule has 2 heteroatoms. The summed E-state index contributed by atoms with van der Waals surface area (Å²) in [5.41, 5.74) is 0. The van der Waals surface area contributed by atoms with E-state index < -0.39 is 0 Å². The standard InChI is InChI=1S/C33H62O2/c1-3-5-7-9-11-13-15-17-18-20-22-24-26-28-30-32-35-33(34)31-29-27-25-23-21-19-16-14-12-10-8-6-4-2/h12,14,19,21H,3-11,13,15-18,20,22-32H2,1-2H3/b14-12-,21-19-. The lowest BCUT2D eigenvalue weighted by Crippen LogP contribution is -2.05. The maximum atomic E-state index is 11.8. The van der Waals surface area contributed by atoms with E-state index in [-0.39, 0.29) is 5.97 Å². The van der Waals surface area contributed by atoms with E-state index in [1.807, 2.05) is 0 Å². The highest BCUT2D eigenvalue weighted by Crippen LogP contribution is 2.13. The van der Waals surface area contributed by atoms with E-state index in [9.17, 15) is 4.79 Å². The summed E-state index contributed by atoms with van der Waals surface area (Å²) in [6.45, 7) is 5.15. The molecule has 0 saturated carbocycles. The summed E-state index contributed by atoms with van der Waals surface area (Å²) in [5.74, 6) is -0.000819. The molecule has 206 valence electrons. The number of hydrogen-bond donors (Lipinski definition) is 0. The third-order valence-corrected chi connectivity index (χ3v) is 6.84. The van der Waals surface area contributed by atoms with Crippen LogP contribution in [0, 0.1) is 0 Å². The minimum absolute atomic E-state index is 0.000819. The van der Waals surface area contributed by atoms with Gasteiger partial charge in [-0.2, -0.15) is 0 Å². The molecule has 0 spiro atoms. The summed E-state index contributed by atoms with van der Waals surface area (Å²) in [5, 5.41) is 0. The fraction of sp³-hybridized carbons (Fsp3) is 0.848. The van der Waals surface area contributed by atoms with Gasteiger partial charge < -0.3 is 4.74 Å². The number of allylic oxidation sites excluding steroid dienone is 4. The molecule has 0 aliphatic rings. The summed E-state index contributed by atoms with van der Waals surface area (Å²) in [6.07, 6.45) is 40.8. The minimum Gasteiger partial charge on any atom is -0.466 e. The van der Waals surface area contributed by atoms with Crippen molar-refractivity contribution in [1.29, 1.82) is 0 Å². The van der Waals surface area contributed by atoms with Crippen molar-refractivity contribution in [2.45, 2.75) is 174 Å². The Balaban J connectivity index is 3.23. The Morgan fingerprint density at radius 2 is 0.886 bits per heavy atom. The van der Waals surface area contributed by atoms with Crippen molar-refractivity contribution in [3.63, 3.8) is 0 Å². The second-order valence-corrected chi connectivity index (χ2v) is 10.4. The van der Waals surface area contributed by atoms with Crippen LogP contribution in [0.2, 0.25) is 0 Å². The van der Waals surface area contributed by atoms with Gasteiger partial charge in [0.05, 0.1) is 6.61 Å². The molecule has 0 radical (unpaired) electrons. The van der Waals surface area contributed by atoms with Crippen LogP contribution in [0.25, 0.3) is 0 Å². The van der Waals surface area contributed by atoms with E-state index in [2.05, 4.69) is 38.2 Å². The quantitative estimate of drug-likeness (QED) is 0.0619. The second-order valence-electron chi connectivity index (χ2n) is 10.4. The van der Waals surface area contributed by atoms with Crippen molar-refractivity contribution in [3.8, 4) is 0 Å². The predicted molar refractivity (Wildman–Crippen MR) is 156 cm³/mol. The van der Waals surface area contributed by atoms with Gasteiger partial charge in [0.15, 0.2) is 0 Å². The van der Waals surface area contributed by atoms with Gasteiger partial charge in [0, 0.05) is 6.42 Å². The van der Waals surface area contributed by atoms with Gasteiger partial charge in [-0.15, -0.1) is 0 Å². The Labute approximate surface area is 220 Å². The van der Waals surface area contributed by atoms with Crippen molar-refractivity contribution in [3.05, 3.63) is 24.3 Å². The average molecular weight is 491 g/mol. The Morgan fingerprint density at radius 3 is 1.40 bits per heavy atom. The molecule has 0 aromatic heterocycles. The third-order valence-electron chi connectivity index (χ3n) is 6.84. The van der Waals surface area contributed by atoms with Crippen LogP contribution in [0.15, 0.2) is 24.3 Å². The number of carbonyl (C=O) groups is 1. The molecule has 0 amide bonds. The lowest BCUT2D eigenvalue weighted by atomic mass is 10.0. The maximum Gasteiger partial charge on any atom is 0.305 e. The molecule has 0 heterocycles. The molecule has 2 nitrogen and oxygen atoms in total. The second kappa shape index (κ2) is 31.0. The normalized spacial score (nSPS) is 11.7. The number of carbonyl (C=O) groups excluding carboxylic acids is 1. The first kappa shape index (κ1) is 34.0. The van der Waals surface area contributed by atoms with E-state index in [4.69, 9.17) is 4.74 Å². The van der Waals surface area contributed by atoms with Gasteiger partial charge in [0.2, 0.25) is 0 Å². The smallest absolute Gasteiger partial charge is 0.305 e. The van der Waals surface area contributed by atoms with Crippen LogP contribution in [-0.4, -0.2) is 12.6 Å². The number of unbranched alkanes of at least 4 members (excludes halogenated alkanes) is 20. The minimum atomic E-state index is -0.000819. The monoisotopic (exact) mass is 490 g/mol. The van der Waals surface area contributed by atoms with Gasteiger partial charge in [0.1, 0.15) is 0 Å². The zero-order valence-corrected chi connectivity index (χ0v) is 24.0. The van der Waals surface area contributed by atoms with Crippen LogP contribution in [0.5, 0.6) is 0 Å². The van der Waals surface area contributed by atoms with E-state index >= 15 is 0 Å². The van der Waals surface area contributed by atoms with Crippen molar-refractivity contribution >= 4 is 5.97 Å². The van der Waals surface area contributed by atoms with E-state index in [0.29, 0.717) is 13.0 Å². The molecular formula is C33H62O2. The van der Waals surface area contributed by atoms with Crippen molar-refractivity contribution < 1.29 is 9.53 Å². The zero-order valence-electron chi connectivity index (χ0n) is 24.0. The van der Waals surface area contributed by atoms with Crippen LogP contribution in [0.1, 0.15) is 174 Å². The number of ether oxygens (including phenoxy) is 1. The topological polar surface area (TPSA) is 26.3 Å². The van der Waals surface area contributed by atoms with Gasteiger partial charge in [-0.05, 0) is 44.9 Å². The van der Waals surface area contributed by atoms with Crippen molar-refractivity contribution in [2.24, 2.45) is 0 Å². The first-order valence-electron chi connectivity index (χ1n) is 15.8. The summed E-state index contributed by atoms with van der Waals surface area (Å²) >= 11 is 0. The van der Waals surface area contributed by atoms with Crippen LogP contribution >= 0.6 is 0 Å². The molecule has 0 aliphatic carbocycles. The molecule has 0 aromatic rings. The summed E-state index contributed by atoms with van der Waals surface area (Å²) in [4.78, 5) is 11.8. The molecule has 0 unspecified atom stereocenters. The molecule has 0 saturated heterocycles. The van der Waals surface area contributed by atoms with Crippen LogP contribution in [0.4, 0.5) is 0 Å². The molecule has 35 heavy (non-hydrogen) atoms. The lowest BCUT2D eigenvalue weighted by Gasteiger charge is -2.05. The Morgan fingerprint density at radius 1 is 0.486 bits per heavy atom. The first-order chi connectivity index (χ1) is 17.3. The van der Waals surface area contributed by atoms with E-state index in [1.54, 1.807) is 0 Å². The highest BCUT2D eigenvalue weighted by atomic mass is 16.5. The highest BCUT2D eigenvalue weighted by molar-refractivity contribution is 5.69. The number of rotatable bonds is 28. The van der Waals surface area contributed by atoms with Gasteiger partial charge in [0.25, 0.3) is 0 Å². The predicted octanol–water partition coefficient (Wildman–Crippen LogP) is 11.4. The van der Waals surface area contributed by atoms with Gasteiger partial charge in [-0.3, -0.25) is 4.79 Å². The molecule has 0 aliphatic heterocycles. The molecule has 0 aromatic carbocycles. The van der Waals surface area contributed by atoms with E-state index in [0.717, 1.165) is 32.1 Å². The van der Waals surface area contributed by atoms with Gasteiger partial charge in [-0.1, -0.05) is 147 Å². The summed E-state index contributed by atoms with van der Waals surface area (Å²) in [7, 11) is 0. The third kappa shape index (κ3) is 30.9.